The highest BCUT2D eigenvalue weighted by molar-refractivity contribution is 8.26. The van der Waals surface area contributed by atoms with Gasteiger partial charge < -0.3 is 10.4 Å². The van der Waals surface area contributed by atoms with E-state index in [1.807, 2.05) is 36.4 Å². The average Bonchev–Trinajstić information content (AvgIpc) is 2.88. The van der Waals surface area contributed by atoms with Crippen molar-refractivity contribution in [3.05, 3.63) is 53.0 Å². The lowest BCUT2D eigenvalue weighted by Crippen LogP contribution is -2.50. The van der Waals surface area contributed by atoms with Gasteiger partial charge in [0.25, 0.3) is 5.91 Å². The highest BCUT2D eigenvalue weighted by atomic mass is 32.2. The van der Waals surface area contributed by atoms with Crippen LogP contribution in [0.15, 0.2) is 47.4 Å². The minimum absolute atomic E-state index is 0.264. The van der Waals surface area contributed by atoms with Gasteiger partial charge >= 0.3 is 5.97 Å². The maximum Gasteiger partial charge on any atom is 0.325 e. The SMILES string of the molecule is CC(NC(=O)C(C)N1C(=O)/C(=C/C=C/c2ccccc2)SC1=S)C(=O)O. The van der Waals surface area contributed by atoms with Crippen molar-refractivity contribution in [3.63, 3.8) is 0 Å². The van der Waals surface area contributed by atoms with Gasteiger partial charge in [-0.25, -0.2) is 0 Å². The van der Waals surface area contributed by atoms with Crippen LogP contribution in [0.3, 0.4) is 0 Å². The van der Waals surface area contributed by atoms with E-state index in [9.17, 15) is 14.4 Å². The normalized spacial score (nSPS) is 18.4. The Balaban J connectivity index is 2.08. The summed E-state index contributed by atoms with van der Waals surface area (Å²) < 4.78 is 0.264. The molecule has 2 atom stereocenters. The molecule has 2 rings (SSSR count). The first-order valence-electron chi connectivity index (χ1n) is 7.83. The largest absolute Gasteiger partial charge is 0.480 e. The Morgan fingerprint density at radius 3 is 2.54 bits per heavy atom. The minimum Gasteiger partial charge on any atom is -0.480 e. The van der Waals surface area contributed by atoms with E-state index in [0.717, 1.165) is 17.3 Å². The van der Waals surface area contributed by atoms with E-state index in [2.05, 4.69) is 5.32 Å². The molecule has 0 saturated carbocycles. The second kappa shape index (κ2) is 8.77. The van der Waals surface area contributed by atoms with E-state index in [-0.39, 0.29) is 10.2 Å². The number of carboxylic acid groups (broad SMARTS) is 1. The zero-order valence-electron chi connectivity index (χ0n) is 14.2. The number of nitrogens with zero attached hydrogens (tertiary/aromatic N) is 1. The van der Waals surface area contributed by atoms with E-state index >= 15 is 0 Å². The third-order valence-electron chi connectivity index (χ3n) is 3.66. The van der Waals surface area contributed by atoms with Gasteiger partial charge in [-0.3, -0.25) is 19.3 Å². The number of hydrogen-bond acceptors (Lipinski definition) is 5. The van der Waals surface area contributed by atoms with Crippen molar-refractivity contribution >= 4 is 52.2 Å². The molecule has 0 spiro atoms. The van der Waals surface area contributed by atoms with Gasteiger partial charge in [0.15, 0.2) is 0 Å². The first-order chi connectivity index (χ1) is 12.3. The molecule has 2 N–H and O–H groups in total. The van der Waals surface area contributed by atoms with Gasteiger partial charge in [-0.2, -0.15) is 0 Å². The molecule has 1 heterocycles. The lowest BCUT2D eigenvalue weighted by atomic mass is 10.2. The second-order valence-electron chi connectivity index (χ2n) is 5.59. The van der Waals surface area contributed by atoms with E-state index < -0.39 is 24.0 Å². The van der Waals surface area contributed by atoms with Gasteiger partial charge in [-0.1, -0.05) is 66.5 Å². The molecule has 6 nitrogen and oxygen atoms in total. The van der Waals surface area contributed by atoms with Crippen molar-refractivity contribution in [1.29, 1.82) is 0 Å². The molecule has 8 heteroatoms. The lowest BCUT2D eigenvalue weighted by Gasteiger charge is -2.23. The molecule has 0 aromatic heterocycles. The number of carboxylic acids is 1. The number of allylic oxidation sites excluding steroid dienone is 2. The molecule has 2 amide bonds. The number of carbonyl (C=O) groups excluding carboxylic acids is 2. The van der Waals surface area contributed by atoms with Gasteiger partial charge in [0.05, 0.1) is 4.91 Å². The molecule has 2 unspecified atom stereocenters. The van der Waals surface area contributed by atoms with Crippen LogP contribution in [0.5, 0.6) is 0 Å². The number of nitrogens with one attached hydrogen (secondary N) is 1. The van der Waals surface area contributed by atoms with Gasteiger partial charge in [-0.15, -0.1) is 0 Å². The Labute approximate surface area is 160 Å². The molecule has 0 aliphatic carbocycles. The monoisotopic (exact) mass is 390 g/mol. The van der Waals surface area contributed by atoms with Gasteiger partial charge in [0, 0.05) is 0 Å². The molecule has 1 aromatic rings. The van der Waals surface area contributed by atoms with Crippen molar-refractivity contribution in [2.45, 2.75) is 25.9 Å². The summed E-state index contributed by atoms with van der Waals surface area (Å²) in [7, 11) is 0. The fourth-order valence-corrected chi connectivity index (χ4v) is 3.52. The van der Waals surface area contributed by atoms with Crippen molar-refractivity contribution in [3.8, 4) is 0 Å². The van der Waals surface area contributed by atoms with Crippen LogP contribution >= 0.6 is 24.0 Å². The number of carbonyl (C=O) groups is 3. The van der Waals surface area contributed by atoms with E-state index in [0.29, 0.717) is 4.91 Å². The quantitative estimate of drug-likeness (QED) is 0.573. The third-order valence-corrected chi connectivity index (χ3v) is 5.00. The van der Waals surface area contributed by atoms with Crippen LogP contribution in [0, 0.1) is 0 Å². The Kier molecular flexibility index (Phi) is 6.70. The second-order valence-corrected chi connectivity index (χ2v) is 7.26. The summed E-state index contributed by atoms with van der Waals surface area (Å²) in [5, 5.41) is 11.2. The first kappa shape index (κ1) is 19.9. The molecular formula is C18H18N2O4S2. The van der Waals surface area contributed by atoms with E-state index in [4.69, 9.17) is 17.3 Å². The molecule has 1 aliphatic heterocycles. The summed E-state index contributed by atoms with van der Waals surface area (Å²) >= 11 is 6.32. The van der Waals surface area contributed by atoms with Crippen LogP contribution in [-0.2, 0) is 14.4 Å². The predicted octanol–water partition coefficient (Wildman–Crippen LogP) is 2.42. The average molecular weight is 390 g/mol. The molecular weight excluding hydrogens is 372 g/mol. The van der Waals surface area contributed by atoms with Crippen molar-refractivity contribution < 1.29 is 19.5 Å². The number of aliphatic carboxylic acids is 1. The van der Waals surface area contributed by atoms with Crippen LogP contribution in [-0.4, -0.2) is 44.2 Å². The van der Waals surface area contributed by atoms with Crippen LogP contribution in [0.1, 0.15) is 19.4 Å². The van der Waals surface area contributed by atoms with E-state index in [1.165, 1.54) is 18.7 Å². The molecule has 1 fully saturated rings. The number of thiocarbonyl (C=S) groups is 1. The van der Waals surface area contributed by atoms with Gasteiger partial charge in [-0.05, 0) is 25.5 Å². The number of thioether (sulfide) groups is 1. The molecule has 0 bridgehead atoms. The maximum absolute atomic E-state index is 12.5. The summed E-state index contributed by atoms with van der Waals surface area (Å²) in [6, 6.07) is 7.67. The van der Waals surface area contributed by atoms with Gasteiger partial charge in [0.2, 0.25) is 5.91 Å². The Bertz CT molecular complexity index is 790. The number of benzene rings is 1. The first-order valence-corrected chi connectivity index (χ1v) is 9.05. The summed E-state index contributed by atoms with van der Waals surface area (Å²) in [5.41, 5.74) is 0.995. The van der Waals surface area contributed by atoms with Crippen molar-refractivity contribution in [1.82, 2.24) is 10.2 Å². The van der Waals surface area contributed by atoms with Crippen molar-refractivity contribution in [2.75, 3.05) is 0 Å². The Morgan fingerprint density at radius 2 is 1.92 bits per heavy atom. The van der Waals surface area contributed by atoms with Crippen LogP contribution in [0.2, 0.25) is 0 Å². The molecule has 1 aliphatic rings. The topological polar surface area (TPSA) is 86.7 Å². The predicted molar refractivity (Wildman–Crippen MR) is 105 cm³/mol. The van der Waals surface area contributed by atoms with Crippen molar-refractivity contribution in [2.24, 2.45) is 0 Å². The summed E-state index contributed by atoms with van der Waals surface area (Å²) in [6.45, 7) is 2.86. The highest BCUT2D eigenvalue weighted by Crippen LogP contribution is 2.32. The summed E-state index contributed by atoms with van der Waals surface area (Å²) in [6.07, 6.45) is 5.26. The highest BCUT2D eigenvalue weighted by Gasteiger charge is 2.38. The lowest BCUT2D eigenvalue weighted by molar-refractivity contribution is -0.142. The summed E-state index contributed by atoms with van der Waals surface area (Å²) in [4.78, 5) is 37.2. The number of hydrogen-bond donors (Lipinski definition) is 2. The zero-order chi connectivity index (χ0) is 19.3. The van der Waals surface area contributed by atoms with Gasteiger partial charge in [0.1, 0.15) is 16.4 Å². The minimum atomic E-state index is -1.15. The van der Waals surface area contributed by atoms with Crippen LogP contribution in [0.4, 0.5) is 0 Å². The molecule has 0 radical (unpaired) electrons. The number of amides is 2. The Morgan fingerprint density at radius 1 is 1.27 bits per heavy atom. The fourth-order valence-electron chi connectivity index (χ4n) is 2.15. The fraction of sp³-hybridized carbons (Fsp3) is 0.222. The maximum atomic E-state index is 12.5. The molecule has 1 saturated heterocycles. The Hall–Kier alpha value is -2.45. The summed E-state index contributed by atoms with van der Waals surface area (Å²) in [5.74, 6) is -2.09. The standard InChI is InChI=1S/C18H18N2O4S2/c1-11(17(23)24)19-15(21)12(2)20-16(22)14(26-18(20)25)10-6-9-13-7-4-3-5-8-13/h3-12H,1-2H3,(H,19,21)(H,23,24)/b9-6+,14-10-. The van der Waals surface area contributed by atoms with Crippen LogP contribution < -0.4 is 5.32 Å². The smallest absolute Gasteiger partial charge is 0.325 e. The zero-order valence-corrected chi connectivity index (χ0v) is 15.8. The third kappa shape index (κ3) is 4.80. The number of rotatable bonds is 6. The van der Waals surface area contributed by atoms with E-state index in [1.54, 1.807) is 12.2 Å². The van der Waals surface area contributed by atoms with Crippen LogP contribution in [0.25, 0.3) is 6.08 Å². The molecule has 136 valence electrons. The molecule has 1 aromatic carbocycles. The molecule has 26 heavy (non-hydrogen) atoms.